The van der Waals surface area contributed by atoms with Gasteiger partial charge in [0.05, 0.1) is 6.04 Å². The van der Waals surface area contributed by atoms with Crippen LogP contribution in [0.25, 0.3) is 5.43 Å². The summed E-state index contributed by atoms with van der Waals surface area (Å²) in [5, 5.41) is 7.03. The number of benzene rings is 1. The molecular weight excluding hydrogens is 363 g/mol. The van der Waals surface area contributed by atoms with E-state index in [0.717, 1.165) is 18.1 Å². The number of hydrogen-bond donors (Lipinski definition) is 3. The van der Waals surface area contributed by atoms with E-state index in [9.17, 15) is 8.78 Å². The number of aryl methyl sites for hydroxylation is 2. The maximum atomic E-state index is 13.6. The van der Waals surface area contributed by atoms with Crippen molar-refractivity contribution in [3.05, 3.63) is 46.5 Å². The summed E-state index contributed by atoms with van der Waals surface area (Å²) in [7, 11) is 0. The van der Waals surface area contributed by atoms with Gasteiger partial charge in [0.1, 0.15) is 0 Å². The van der Waals surface area contributed by atoms with Crippen LogP contribution in [0, 0.1) is 13.8 Å². The van der Waals surface area contributed by atoms with Crippen LogP contribution in [0.1, 0.15) is 31.4 Å². The van der Waals surface area contributed by atoms with E-state index in [0.29, 0.717) is 17.0 Å². The van der Waals surface area contributed by atoms with Crippen molar-refractivity contribution in [2.24, 2.45) is 16.6 Å². The van der Waals surface area contributed by atoms with Crippen LogP contribution in [0.3, 0.4) is 0 Å². The predicted molar refractivity (Wildman–Crippen MR) is 100 cm³/mol. The average molecular weight is 392 g/mol. The molecule has 1 aromatic rings. The van der Waals surface area contributed by atoms with E-state index in [2.05, 4.69) is 15.8 Å². The molecule has 0 aliphatic heterocycles. The Hall–Kier alpha value is -0.354. The Labute approximate surface area is 197 Å². The molecule has 0 spiro atoms. The van der Waals surface area contributed by atoms with Crippen LogP contribution in [0.4, 0.5) is 14.5 Å². The monoisotopic (exact) mass is 391 g/mol. The van der Waals surface area contributed by atoms with Crippen molar-refractivity contribution in [1.29, 1.82) is 0 Å². The number of nitrogens with one attached hydrogen (secondary N) is 1. The van der Waals surface area contributed by atoms with Gasteiger partial charge in [-0.1, -0.05) is 29.3 Å². The Balaban J connectivity index is 0.00000625. The molecule has 1 unspecified atom stereocenters. The number of hydrogen-bond acceptors (Lipinski definition) is 4. The third-order valence-corrected chi connectivity index (χ3v) is 3.78. The molecule has 0 aliphatic carbocycles. The van der Waals surface area contributed by atoms with Gasteiger partial charge in [0, 0.05) is 19.2 Å². The van der Waals surface area contributed by atoms with Crippen molar-refractivity contribution in [3.63, 3.8) is 0 Å². The first-order valence-corrected chi connectivity index (χ1v) is 8.23. The average Bonchev–Trinajstić information content (AvgIpc) is 2.51. The second-order valence-electron chi connectivity index (χ2n) is 6.31. The van der Waals surface area contributed by atoms with Gasteiger partial charge in [-0.05, 0) is 45.5 Å². The number of halogens is 2. The van der Waals surface area contributed by atoms with Gasteiger partial charge < -0.3 is 27.3 Å². The molecule has 0 saturated carbocycles. The minimum absolute atomic E-state index is 0. The quantitative estimate of drug-likeness (QED) is 0.325. The van der Waals surface area contributed by atoms with Crippen molar-refractivity contribution in [2.45, 2.75) is 46.1 Å². The van der Waals surface area contributed by atoms with Crippen LogP contribution in [0.2, 0.25) is 0 Å². The topological polar surface area (TPSA) is 90.5 Å². The Morgan fingerprint density at radius 1 is 1.31 bits per heavy atom. The molecule has 5 N–H and O–H groups in total. The van der Waals surface area contributed by atoms with Gasteiger partial charge in [0.15, 0.2) is 0 Å². The summed E-state index contributed by atoms with van der Waals surface area (Å²) in [6.45, 7) is 6.89. The summed E-state index contributed by atoms with van der Waals surface area (Å²) >= 11 is 0. The largest absolute Gasteiger partial charge is 1.00 e. The SMILES string of the molecule is CC(=C/N)/C(CNC(CCN)C(C)(F)F)=N/[N-]c1cc(C)cc(C)c1.[K+]. The van der Waals surface area contributed by atoms with Gasteiger partial charge >= 0.3 is 51.4 Å². The minimum atomic E-state index is -2.88. The van der Waals surface area contributed by atoms with Gasteiger partial charge in [0.2, 0.25) is 0 Å². The van der Waals surface area contributed by atoms with Crippen LogP contribution in [0.15, 0.2) is 35.1 Å². The maximum Gasteiger partial charge on any atom is 1.00 e. The molecule has 8 heteroatoms. The van der Waals surface area contributed by atoms with Crippen LogP contribution in [-0.4, -0.2) is 30.8 Å². The zero-order chi connectivity index (χ0) is 19.0. The summed E-state index contributed by atoms with van der Waals surface area (Å²) in [5.41, 5.74) is 19.3. The van der Waals surface area contributed by atoms with Gasteiger partial charge in [0.25, 0.3) is 5.92 Å². The molecule has 26 heavy (non-hydrogen) atoms. The third kappa shape index (κ3) is 9.03. The summed E-state index contributed by atoms with van der Waals surface area (Å²) in [4.78, 5) is 0. The molecule has 0 radical (unpaired) electrons. The number of nitrogens with two attached hydrogens (primary N) is 2. The Morgan fingerprint density at radius 3 is 2.35 bits per heavy atom. The van der Waals surface area contributed by atoms with Gasteiger partial charge in [-0.2, -0.15) is 0 Å². The van der Waals surface area contributed by atoms with Gasteiger partial charge in [-0.25, -0.2) is 8.78 Å². The van der Waals surface area contributed by atoms with E-state index in [1.807, 2.05) is 32.0 Å². The maximum absolute atomic E-state index is 13.6. The molecule has 0 amide bonds. The summed E-state index contributed by atoms with van der Waals surface area (Å²) in [6.07, 6.45) is 1.55. The summed E-state index contributed by atoms with van der Waals surface area (Å²) < 4.78 is 27.3. The van der Waals surface area contributed by atoms with Gasteiger partial charge in [-0.3, -0.25) is 0 Å². The summed E-state index contributed by atoms with van der Waals surface area (Å²) in [5.74, 6) is -2.88. The molecule has 1 atom stereocenters. The molecule has 0 bridgehead atoms. The Kier molecular flexibility index (Phi) is 12.0. The molecular formula is C18H28F2KN5. The van der Waals surface area contributed by atoms with Crippen molar-refractivity contribution >= 4 is 11.4 Å². The minimum Gasteiger partial charge on any atom is -0.575 e. The first kappa shape index (κ1) is 25.6. The van der Waals surface area contributed by atoms with E-state index >= 15 is 0 Å². The molecule has 140 valence electrons. The van der Waals surface area contributed by atoms with Gasteiger partial charge in [-0.15, -0.1) is 5.69 Å². The second kappa shape index (κ2) is 12.2. The molecule has 0 heterocycles. The van der Waals surface area contributed by atoms with Crippen molar-refractivity contribution in [1.82, 2.24) is 5.32 Å². The fourth-order valence-corrected chi connectivity index (χ4v) is 2.40. The smallest absolute Gasteiger partial charge is 0.575 e. The normalized spacial score (nSPS) is 14.0. The molecule has 0 saturated heterocycles. The standard InChI is InChI=1S/C18H28F2N5.K/c1-12-7-13(2)9-15(8-12)24-25-16(14(3)10-22)11-23-17(5-6-21)18(4,19)20;/h7-10,17,23H,5-6,11,21-22H2,1-4H3;/q-1;+1/b14-10-,25-16+;. The second-order valence-corrected chi connectivity index (χ2v) is 6.31. The van der Waals surface area contributed by atoms with Crippen LogP contribution >= 0.6 is 0 Å². The number of alkyl halides is 2. The van der Waals surface area contributed by atoms with E-state index in [1.165, 1.54) is 6.20 Å². The van der Waals surface area contributed by atoms with Crippen molar-refractivity contribution < 1.29 is 60.2 Å². The molecule has 0 aromatic heterocycles. The fraction of sp³-hybridized carbons (Fsp3) is 0.500. The van der Waals surface area contributed by atoms with Crippen molar-refractivity contribution in [2.75, 3.05) is 13.1 Å². The zero-order valence-electron chi connectivity index (χ0n) is 16.3. The number of nitrogens with zero attached hydrogens (tertiary/aromatic N) is 2. The molecule has 1 rings (SSSR count). The first-order chi connectivity index (χ1) is 11.7. The first-order valence-electron chi connectivity index (χ1n) is 8.23. The fourth-order valence-electron chi connectivity index (χ4n) is 2.40. The molecule has 1 aromatic carbocycles. The number of rotatable bonds is 9. The van der Waals surface area contributed by atoms with E-state index in [-0.39, 0.29) is 70.9 Å². The zero-order valence-corrected chi connectivity index (χ0v) is 19.4. The molecule has 0 aliphatic rings. The summed E-state index contributed by atoms with van der Waals surface area (Å²) in [6, 6.07) is 4.81. The Bertz CT molecular complexity index is 606. The Morgan fingerprint density at radius 2 is 1.88 bits per heavy atom. The van der Waals surface area contributed by atoms with E-state index < -0.39 is 12.0 Å². The van der Waals surface area contributed by atoms with Crippen LogP contribution < -0.4 is 68.2 Å². The molecule has 5 nitrogen and oxygen atoms in total. The van der Waals surface area contributed by atoms with Crippen LogP contribution in [-0.2, 0) is 0 Å². The van der Waals surface area contributed by atoms with Crippen molar-refractivity contribution in [3.8, 4) is 0 Å². The van der Waals surface area contributed by atoms with Crippen LogP contribution in [0.5, 0.6) is 0 Å². The van der Waals surface area contributed by atoms with E-state index in [1.54, 1.807) is 6.92 Å². The third-order valence-electron chi connectivity index (χ3n) is 3.78. The predicted octanol–water partition coefficient (Wildman–Crippen LogP) is 0.493. The van der Waals surface area contributed by atoms with E-state index in [4.69, 9.17) is 11.5 Å². The molecule has 0 fully saturated rings.